The average Bonchev–Trinajstić information content (AvgIpc) is 3.08. The lowest BCUT2D eigenvalue weighted by Gasteiger charge is -2.33. The molecule has 0 bridgehead atoms. The van der Waals surface area contributed by atoms with Gasteiger partial charge in [0.2, 0.25) is 6.10 Å². The van der Waals surface area contributed by atoms with E-state index in [1.165, 1.54) is 71.3 Å². The van der Waals surface area contributed by atoms with Crippen molar-refractivity contribution in [2.24, 2.45) is 0 Å². The van der Waals surface area contributed by atoms with Crippen LogP contribution in [0.4, 0.5) is 9.59 Å². The summed E-state index contributed by atoms with van der Waals surface area (Å²) in [7, 11) is 1.39. The second-order valence-electron chi connectivity index (χ2n) is 12.1. The molecule has 1 aromatic heterocycles. The Balaban J connectivity index is 1.83. The van der Waals surface area contributed by atoms with Gasteiger partial charge in [-0.1, -0.05) is 97.0 Å². The van der Waals surface area contributed by atoms with Crippen molar-refractivity contribution in [1.82, 2.24) is 20.5 Å². The lowest BCUT2D eigenvalue weighted by atomic mass is 10.0. The molecule has 0 spiro atoms. The molecule has 3 unspecified atom stereocenters. The Morgan fingerprint density at radius 1 is 0.870 bits per heavy atom. The van der Waals surface area contributed by atoms with E-state index >= 15 is 0 Å². The predicted octanol–water partition coefficient (Wildman–Crippen LogP) is 6.54. The highest BCUT2D eigenvalue weighted by Crippen LogP contribution is 2.18. The Morgan fingerprint density at radius 2 is 1.52 bits per heavy atom. The SMILES string of the molecule is CCCCCCCCCCCCCCC(CCC)OC(=O)OC(C(=O)N1CCNCC1)C(COC(=O)NCc1ccccn1)OC. The minimum atomic E-state index is -1.33. The quantitative estimate of drug-likeness (QED) is 0.0949. The standard InChI is InChI=1S/C35H60N4O7/c1-4-6-7-8-9-10-11-12-13-14-15-16-21-30(19-5-2)45-35(42)46-32(33(40)39-25-23-36-24-26-39)31(43-3)28-44-34(41)38-27-29-20-17-18-22-37-29/h17-18,20,22,30-32,36H,4-16,19,21,23-28H2,1-3H3,(H,38,41). The van der Waals surface area contributed by atoms with Gasteiger partial charge in [-0.15, -0.1) is 0 Å². The molecule has 262 valence electrons. The maximum absolute atomic E-state index is 13.5. The second kappa shape index (κ2) is 25.2. The second-order valence-corrected chi connectivity index (χ2v) is 12.1. The van der Waals surface area contributed by atoms with E-state index in [9.17, 15) is 14.4 Å². The van der Waals surface area contributed by atoms with Crippen LogP contribution in [0.5, 0.6) is 0 Å². The number of carbonyl (C=O) groups excluding carboxylic acids is 3. The Hall–Kier alpha value is -2.92. The molecular formula is C35H60N4O7. The van der Waals surface area contributed by atoms with Gasteiger partial charge in [0.15, 0.2) is 0 Å². The van der Waals surface area contributed by atoms with Gasteiger partial charge in [-0.3, -0.25) is 9.78 Å². The van der Waals surface area contributed by atoms with Gasteiger partial charge < -0.3 is 34.5 Å². The summed E-state index contributed by atoms with van der Waals surface area (Å²) < 4.78 is 22.3. The molecule has 11 heteroatoms. The third kappa shape index (κ3) is 17.1. The van der Waals surface area contributed by atoms with E-state index in [-0.39, 0.29) is 19.3 Å². The zero-order valence-electron chi connectivity index (χ0n) is 28.6. The number of aromatic nitrogens is 1. The molecular weight excluding hydrogens is 588 g/mol. The van der Waals surface area contributed by atoms with Crippen LogP contribution in [-0.2, 0) is 30.3 Å². The molecule has 1 aliphatic heterocycles. The summed E-state index contributed by atoms with van der Waals surface area (Å²) in [6.07, 6.45) is 14.9. The fraction of sp³-hybridized carbons (Fsp3) is 0.771. The third-order valence-electron chi connectivity index (χ3n) is 8.31. The number of carbonyl (C=O) groups is 3. The molecule has 0 aromatic carbocycles. The van der Waals surface area contributed by atoms with Crippen molar-refractivity contribution >= 4 is 18.2 Å². The molecule has 1 aromatic rings. The van der Waals surface area contributed by atoms with Crippen LogP contribution in [-0.4, -0.2) is 86.2 Å². The normalized spacial score (nSPS) is 15.1. The van der Waals surface area contributed by atoms with Crippen LogP contribution in [0.25, 0.3) is 0 Å². The smallest absolute Gasteiger partial charge is 0.447 e. The maximum Gasteiger partial charge on any atom is 0.509 e. The van der Waals surface area contributed by atoms with E-state index in [2.05, 4.69) is 29.5 Å². The van der Waals surface area contributed by atoms with E-state index in [0.717, 1.165) is 32.1 Å². The van der Waals surface area contributed by atoms with Crippen molar-refractivity contribution in [2.45, 2.75) is 135 Å². The van der Waals surface area contributed by atoms with E-state index in [4.69, 9.17) is 18.9 Å². The highest BCUT2D eigenvalue weighted by atomic mass is 16.7. The van der Waals surface area contributed by atoms with Gasteiger partial charge >= 0.3 is 12.2 Å². The van der Waals surface area contributed by atoms with Gasteiger partial charge in [-0.2, -0.15) is 0 Å². The third-order valence-corrected chi connectivity index (χ3v) is 8.31. The van der Waals surface area contributed by atoms with Gasteiger partial charge in [0.05, 0.1) is 12.2 Å². The van der Waals surface area contributed by atoms with Gasteiger partial charge in [0.1, 0.15) is 18.8 Å². The van der Waals surface area contributed by atoms with E-state index < -0.39 is 30.4 Å². The summed E-state index contributed by atoms with van der Waals surface area (Å²) in [5.74, 6) is -0.407. The first-order chi connectivity index (χ1) is 22.5. The summed E-state index contributed by atoms with van der Waals surface area (Å²) in [6, 6.07) is 5.39. The van der Waals surface area contributed by atoms with Crippen LogP contribution in [0.2, 0.25) is 0 Å². The molecule has 2 heterocycles. The number of hydrogen-bond donors (Lipinski definition) is 2. The number of ether oxygens (including phenoxy) is 4. The van der Waals surface area contributed by atoms with Gasteiger partial charge in [-0.05, 0) is 31.4 Å². The number of piperazine rings is 1. The predicted molar refractivity (Wildman–Crippen MR) is 178 cm³/mol. The Labute approximate surface area is 276 Å². The number of methoxy groups -OCH3 is 1. The molecule has 2 N–H and O–H groups in total. The number of amides is 2. The fourth-order valence-corrected chi connectivity index (χ4v) is 5.57. The van der Waals surface area contributed by atoms with Gasteiger partial charge in [0, 0.05) is 39.5 Å². The molecule has 0 saturated carbocycles. The van der Waals surface area contributed by atoms with Crippen molar-refractivity contribution in [3.05, 3.63) is 30.1 Å². The molecule has 11 nitrogen and oxygen atoms in total. The number of rotatable bonds is 24. The largest absolute Gasteiger partial charge is 0.509 e. The van der Waals surface area contributed by atoms with Crippen LogP contribution < -0.4 is 10.6 Å². The Kier molecular flexibility index (Phi) is 21.5. The first-order valence-corrected chi connectivity index (χ1v) is 17.7. The molecule has 2 amide bonds. The number of unbranched alkanes of at least 4 members (excludes halogenated alkanes) is 11. The first kappa shape index (κ1) is 39.3. The first-order valence-electron chi connectivity index (χ1n) is 17.7. The van der Waals surface area contributed by atoms with Crippen molar-refractivity contribution in [3.63, 3.8) is 0 Å². The molecule has 0 radical (unpaired) electrons. The Morgan fingerprint density at radius 3 is 2.11 bits per heavy atom. The number of pyridine rings is 1. The topological polar surface area (TPSA) is 128 Å². The molecule has 1 fully saturated rings. The van der Waals surface area contributed by atoms with Crippen LogP contribution >= 0.6 is 0 Å². The summed E-state index contributed by atoms with van der Waals surface area (Å²) >= 11 is 0. The highest BCUT2D eigenvalue weighted by Gasteiger charge is 2.38. The minimum absolute atomic E-state index is 0.182. The van der Waals surface area contributed by atoms with Crippen molar-refractivity contribution in [1.29, 1.82) is 0 Å². The van der Waals surface area contributed by atoms with Crippen molar-refractivity contribution < 1.29 is 33.3 Å². The van der Waals surface area contributed by atoms with Gasteiger partial charge in [-0.25, -0.2) is 9.59 Å². The van der Waals surface area contributed by atoms with Crippen molar-refractivity contribution in [2.75, 3.05) is 39.9 Å². The number of hydrogen-bond acceptors (Lipinski definition) is 9. The molecule has 0 aliphatic carbocycles. The highest BCUT2D eigenvalue weighted by molar-refractivity contribution is 5.83. The monoisotopic (exact) mass is 648 g/mol. The lowest BCUT2D eigenvalue weighted by molar-refractivity contribution is -0.154. The van der Waals surface area contributed by atoms with E-state index in [0.29, 0.717) is 31.9 Å². The molecule has 1 aliphatic rings. The van der Waals surface area contributed by atoms with Crippen LogP contribution in [0.1, 0.15) is 116 Å². The zero-order chi connectivity index (χ0) is 33.2. The molecule has 3 atom stereocenters. The zero-order valence-corrected chi connectivity index (χ0v) is 28.6. The van der Waals surface area contributed by atoms with E-state index in [1.807, 2.05) is 6.07 Å². The fourth-order valence-electron chi connectivity index (χ4n) is 5.57. The summed E-state index contributed by atoms with van der Waals surface area (Å²) in [5, 5.41) is 5.83. The molecule has 2 rings (SSSR count). The molecule has 46 heavy (non-hydrogen) atoms. The average molecular weight is 649 g/mol. The Bertz CT molecular complexity index is 946. The minimum Gasteiger partial charge on any atom is -0.447 e. The molecule has 1 saturated heterocycles. The van der Waals surface area contributed by atoms with Crippen molar-refractivity contribution in [3.8, 4) is 0 Å². The summed E-state index contributed by atoms with van der Waals surface area (Å²) in [6.45, 7) is 6.38. The maximum atomic E-state index is 13.5. The van der Waals surface area contributed by atoms with Gasteiger partial charge in [0.25, 0.3) is 5.91 Å². The van der Waals surface area contributed by atoms with Crippen LogP contribution in [0.3, 0.4) is 0 Å². The van der Waals surface area contributed by atoms with E-state index in [1.54, 1.807) is 23.2 Å². The number of alkyl carbamates (subject to hydrolysis) is 1. The number of nitrogens with zero attached hydrogens (tertiary/aromatic N) is 2. The van der Waals surface area contributed by atoms with Crippen LogP contribution in [0, 0.1) is 0 Å². The lowest BCUT2D eigenvalue weighted by Crippen LogP contribution is -2.54. The van der Waals surface area contributed by atoms with Crippen LogP contribution in [0.15, 0.2) is 24.4 Å². The summed E-state index contributed by atoms with van der Waals surface area (Å²) in [4.78, 5) is 44.7. The summed E-state index contributed by atoms with van der Waals surface area (Å²) in [5.41, 5.74) is 0.672. The number of nitrogens with one attached hydrogen (secondary N) is 2.